The average molecular weight is 227 g/mol. The van der Waals surface area contributed by atoms with Gasteiger partial charge in [-0.2, -0.15) is 0 Å². The normalized spacial score (nSPS) is 10.2. The number of nitro groups is 1. The summed E-state index contributed by atoms with van der Waals surface area (Å²) >= 11 is 0. The number of carbonyl (C=O) groups excluding carboxylic acids is 1. The zero-order valence-electron chi connectivity index (χ0n) is 8.77. The lowest BCUT2D eigenvalue weighted by Crippen LogP contribution is -2.12. The Balaban J connectivity index is 3.05. The van der Waals surface area contributed by atoms with E-state index in [9.17, 15) is 19.3 Å². The van der Waals surface area contributed by atoms with E-state index >= 15 is 0 Å². The Hall–Kier alpha value is -1.98. The molecular formula is C10H10FNO4. The van der Waals surface area contributed by atoms with Gasteiger partial charge >= 0.3 is 5.97 Å². The molecule has 0 aliphatic rings. The van der Waals surface area contributed by atoms with Gasteiger partial charge in [0.2, 0.25) is 0 Å². The number of benzene rings is 1. The van der Waals surface area contributed by atoms with Gasteiger partial charge in [-0.1, -0.05) is 0 Å². The molecule has 0 fully saturated rings. The van der Waals surface area contributed by atoms with Gasteiger partial charge in [0.1, 0.15) is 5.82 Å². The SMILES string of the molecule is CC(C)OC(=O)c1cc(F)cc([N+](=O)[O-])c1. The number of non-ortho nitro benzene ring substituents is 1. The molecule has 0 spiro atoms. The fourth-order valence-corrected chi connectivity index (χ4v) is 1.08. The Morgan fingerprint density at radius 2 is 2.06 bits per heavy atom. The van der Waals surface area contributed by atoms with Crippen LogP contribution in [-0.2, 0) is 4.74 Å². The molecule has 1 aromatic carbocycles. The zero-order chi connectivity index (χ0) is 12.3. The molecule has 0 bridgehead atoms. The van der Waals surface area contributed by atoms with Gasteiger partial charge < -0.3 is 4.74 Å². The predicted molar refractivity (Wildman–Crippen MR) is 53.6 cm³/mol. The van der Waals surface area contributed by atoms with Crippen molar-refractivity contribution in [2.45, 2.75) is 20.0 Å². The number of halogens is 1. The van der Waals surface area contributed by atoms with Crippen LogP contribution < -0.4 is 0 Å². The molecule has 0 unspecified atom stereocenters. The third-order valence-electron chi connectivity index (χ3n) is 1.67. The molecule has 0 heterocycles. The van der Waals surface area contributed by atoms with Crippen molar-refractivity contribution in [2.75, 3.05) is 0 Å². The first-order chi connectivity index (χ1) is 7.40. The van der Waals surface area contributed by atoms with E-state index in [-0.39, 0.29) is 11.7 Å². The molecule has 0 radical (unpaired) electrons. The van der Waals surface area contributed by atoms with Crippen molar-refractivity contribution in [1.82, 2.24) is 0 Å². The van der Waals surface area contributed by atoms with Crippen molar-refractivity contribution < 1.29 is 18.8 Å². The molecule has 0 aliphatic carbocycles. The molecule has 0 saturated heterocycles. The molecule has 6 heteroatoms. The second-order valence-electron chi connectivity index (χ2n) is 3.41. The third kappa shape index (κ3) is 3.01. The summed E-state index contributed by atoms with van der Waals surface area (Å²) in [5, 5.41) is 10.4. The van der Waals surface area contributed by atoms with Gasteiger partial charge in [-0.05, 0) is 19.9 Å². The van der Waals surface area contributed by atoms with Gasteiger partial charge in [0, 0.05) is 6.07 Å². The average Bonchev–Trinajstić information content (AvgIpc) is 2.15. The minimum absolute atomic E-state index is 0.166. The molecule has 0 N–H and O–H groups in total. The summed E-state index contributed by atoms with van der Waals surface area (Å²) in [6.45, 7) is 3.26. The summed E-state index contributed by atoms with van der Waals surface area (Å²) in [7, 11) is 0. The number of carbonyl (C=O) groups is 1. The van der Waals surface area contributed by atoms with Gasteiger partial charge in [-0.3, -0.25) is 10.1 Å². The van der Waals surface area contributed by atoms with Crippen molar-refractivity contribution >= 4 is 11.7 Å². The first-order valence-corrected chi connectivity index (χ1v) is 4.56. The molecule has 0 aromatic heterocycles. The second kappa shape index (κ2) is 4.69. The van der Waals surface area contributed by atoms with Crippen LogP contribution in [0.4, 0.5) is 10.1 Å². The van der Waals surface area contributed by atoms with Crippen molar-refractivity contribution in [3.05, 3.63) is 39.7 Å². The first kappa shape index (κ1) is 12.1. The third-order valence-corrected chi connectivity index (χ3v) is 1.67. The van der Waals surface area contributed by atoms with Gasteiger partial charge in [0.05, 0.1) is 22.7 Å². The Morgan fingerprint density at radius 3 is 2.56 bits per heavy atom. The van der Waals surface area contributed by atoms with E-state index < -0.39 is 22.4 Å². The highest BCUT2D eigenvalue weighted by molar-refractivity contribution is 5.90. The van der Waals surface area contributed by atoms with Crippen LogP contribution in [0.3, 0.4) is 0 Å². The van der Waals surface area contributed by atoms with E-state index in [4.69, 9.17) is 4.74 Å². The molecule has 1 rings (SSSR count). The smallest absolute Gasteiger partial charge is 0.338 e. The van der Waals surface area contributed by atoms with Crippen LogP contribution >= 0.6 is 0 Å². The van der Waals surface area contributed by atoms with Gasteiger partial charge in [0.15, 0.2) is 0 Å². The maximum Gasteiger partial charge on any atom is 0.338 e. The van der Waals surface area contributed by atoms with Crippen LogP contribution in [0.15, 0.2) is 18.2 Å². The van der Waals surface area contributed by atoms with E-state index in [1.54, 1.807) is 13.8 Å². The minimum Gasteiger partial charge on any atom is -0.459 e. The lowest BCUT2D eigenvalue weighted by atomic mass is 10.2. The highest BCUT2D eigenvalue weighted by Gasteiger charge is 2.16. The first-order valence-electron chi connectivity index (χ1n) is 4.56. The molecule has 1 aromatic rings. The summed E-state index contributed by atoms with van der Waals surface area (Å²) < 4.78 is 17.8. The number of ether oxygens (including phenoxy) is 1. The van der Waals surface area contributed by atoms with E-state index in [1.807, 2.05) is 0 Å². The summed E-state index contributed by atoms with van der Waals surface area (Å²) in [6, 6.07) is 2.62. The van der Waals surface area contributed by atoms with Gasteiger partial charge in [-0.25, -0.2) is 9.18 Å². The second-order valence-corrected chi connectivity index (χ2v) is 3.41. The molecule has 0 atom stereocenters. The van der Waals surface area contributed by atoms with Gasteiger partial charge in [0.25, 0.3) is 5.69 Å². The van der Waals surface area contributed by atoms with E-state index in [0.717, 1.165) is 18.2 Å². The Labute approximate surface area is 91.0 Å². The summed E-state index contributed by atoms with van der Waals surface area (Å²) in [4.78, 5) is 21.0. The van der Waals surface area contributed by atoms with Crippen LogP contribution in [0.25, 0.3) is 0 Å². The van der Waals surface area contributed by atoms with Crippen LogP contribution in [0.5, 0.6) is 0 Å². The Kier molecular flexibility index (Phi) is 3.55. The Bertz CT molecular complexity index is 431. The monoisotopic (exact) mass is 227 g/mol. The standard InChI is InChI=1S/C10H10FNO4/c1-6(2)16-10(13)7-3-8(11)5-9(4-7)12(14)15/h3-6H,1-2H3. The quantitative estimate of drug-likeness (QED) is 0.451. The number of nitrogens with zero attached hydrogens (tertiary/aromatic N) is 1. The number of hydrogen-bond acceptors (Lipinski definition) is 4. The van der Waals surface area contributed by atoms with Crippen LogP contribution in [0.1, 0.15) is 24.2 Å². The lowest BCUT2D eigenvalue weighted by molar-refractivity contribution is -0.385. The van der Waals surface area contributed by atoms with Crippen molar-refractivity contribution in [3.8, 4) is 0 Å². The highest BCUT2D eigenvalue weighted by atomic mass is 19.1. The van der Waals surface area contributed by atoms with Crippen LogP contribution in [-0.4, -0.2) is 17.0 Å². The fourth-order valence-electron chi connectivity index (χ4n) is 1.08. The molecular weight excluding hydrogens is 217 g/mol. The topological polar surface area (TPSA) is 69.4 Å². The maximum absolute atomic E-state index is 13.0. The summed E-state index contributed by atoms with van der Waals surface area (Å²) in [5.41, 5.74) is -0.642. The van der Waals surface area contributed by atoms with Crippen molar-refractivity contribution in [2.24, 2.45) is 0 Å². The molecule has 86 valence electrons. The zero-order valence-corrected chi connectivity index (χ0v) is 8.77. The van der Waals surface area contributed by atoms with Crippen molar-refractivity contribution in [3.63, 3.8) is 0 Å². The number of hydrogen-bond donors (Lipinski definition) is 0. The Morgan fingerprint density at radius 1 is 1.44 bits per heavy atom. The molecule has 0 aliphatic heterocycles. The number of esters is 1. The largest absolute Gasteiger partial charge is 0.459 e. The van der Waals surface area contributed by atoms with Crippen LogP contribution in [0.2, 0.25) is 0 Å². The molecule has 5 nitrogen and oxygen atoms in total. The number of nitro benzene ring substituents is 1. The van der Waals surface area contributed by atoms with Gasteiger partial charge in [-0.15, -0.1) is 0 Å². The maximum atomic E-state index is 13.0. The van der Waals surface area contributed by atoms with E-state index in [1.165, 1.54) is 0 Å². The molecule has 0 saturated carbocycles. The molecule has 16 heavy (non-hydrogen) atoms. The van der Waals surface area contributed by atoms with Crippen LogP contribution in [0, 0.1) is 15.9 Å². The fraction of sp³-hybridized carbons (Fsp3) is 0.300. The minimum atomic E-state index is -0.843. The lowest BCUT2D eigenvalue weighted by Gasteiger charge is -2.07. The number of rotatable bonds is 3. The predicted octanol–water partition coefficient (Wildman–Crippen LogP) is 2.30. The summed E-state index contributed by atoms with van der Waals surface area (Å²) in [6.07, 6.45) is -0.366. The van der Waals surface area contributed by atoms with Crippen molar-refractivity contribution in [1.29, 1.82) is 0 Å². The summed E-state index contributed by atoms with van der Waals surface area (Å²) in [5.74, 6) is -1.62. The van der Waals surface area contributed by atoms with E-state index in [0.29, 0.717) is 0 Å². The van der Waals surface area contributed by atoms with E-state index in [2.05, 4.69) is 0 Å². The highest BCUT2D eigenvalue weighted by Crippen LogP contribution is 2.17. The molecule has 0 amide bonds.